The maximum Gasteiger partial charge on any atom is 0.141 e. The second-order valence-corrected chi connectivity index (χ2v) is 11.8. The number of hydrogen-bond acceptors (Lipinski definition) is 0. The molecule has 0 nitrogen and oxygen atoms in total. The fourth-order valence-corrected chi connectivity index (χ4v) is 7.08. The molecule has 0 bridgehead atoms. The van der Waals surface area contributed by atoms with Crippen LogP contribution in [0.4, 0.5) is 0 Å². The maximum absolute atomic E-state index is 6.34. The van der Waals surface area contributed by atoms with Crippen molar-refractivity contribution in [2.24, 2.45) is 17.8 Å². The van der Waals surface area contributed by atoms with Gasteiger partial charge in [0, 0.05) is 0 Å². The molecule has 1 heterocycles. The van der Waals surface area contributed by atoms with Gasteiger partial charge in [-0.2, -0.15) is 11.1 Å². The summed E-state index contributed by atoms with van der Waals surface area (Å²) in [6.45, 7) is 2.32. The van der Waals surface area contributed by atoms with Crippen molar-refractivity contribution in [1.82, 2.24) is 0 Å². The summed E-state index contributed by atoms with van der Waals surface area (Å²) in [7, 11) is -0.743. The summed E-state index contributed by atoms with van der Waals surface area (Å²) in [4.78, 5) is 0. The molecule has 1 aliphatic heterocycles. The van der Waals surface area contributed by atoms with E-state index in [9.17, 15) is 0 Å². The second kappa shape index (κ2) is 9.51. The van der Waals surface area contributed by atoms with Crippen LogP contribution in [0.3, 0.4) is 0 Å². The van der Waals surface area contributed by atoms with Gasteiger partial charge in [0.2, 0.25) is 0 Å². The van der Waals surface area contributed by atoms with E-state index in [1.165, 1.54) is 89.1 Å². The zero-order valence-electron chi connectivity index (χ0n) is 13.6. The van der Waals surface area contributed by atoms with Crippen LogP contribution in [-0.4, -0.2) is 8.11 Å². The lowest BCUT2D eigenvalue weighted by Gasteiger charge is -2.30. The third kappa shape index (κ3) is 6.09. The zero-order chi connectivity index (χ0) is 14.2. The lowest BCUT2D eigenvalue weighted by Crippen LogP contribution is -2.19. The van der Waals surface area contributed by atoms with Crippen molar-refractivity contribution in [3.8, 4) is 0 Å². The Morgan fingerprint density at radius 3 is 1.80 bits per heavy atom. The first-order chi connectivity index (χ1) is 9.78. The van der Waals surface area contributed by atoms with Crippen LogP contribution in [-0.2, 0) is 0 Å². The molecule has 0 aromatic rings. The highest BCUT2D eigenvalue weighted by Gasteiger charge is 2.24. The summed E-state index contributed by atoms with van der Waals surface area (Å²) < 4.78 is 0. The molecule has 0 aromatic carbocycles. The van der Waals surface area contributed by atoms with Crippen molar-refractivity contribution >= 4 is 19.2 Å². The third-order valence-corrected chi connectivity index (χ3v) is 9.17. The van der Waals surface area contributed by atoms with E-state index in [0.717, 1.165) is 17.8 Å². The van der Waals surface area contributed by atoms with Crippen molar-refractivity contribution in [3.63, 3.8) is 0 Å². The first kappa shape index (κ1) is 16.9. The molecule has 1 aliphatic carbocycles. The largest absolute Gasteiger partial charge is 0.172 e. The van der Waals surface area contributed by atoms with Crippen molar-refractivity contribution in [2.75, 3.05) is 0 Å². The van der Waals surface area contributed by atoms with E-state index in [1.807, 2.05) is 0 Å². The average molecular weight is 315 g/mol. The SMILES string of the molecule is CCCCCC1CCC(CCC2CC[SiH](Cl)CC2)CC1. The van der Waals surface area contributed by atoms with Gasteiger partial charge in [0.05, 0.1) is 0 Å². The Labute approximate surface area is 133 Å². The Morgan fingerprint density at radius 1 is 0.750 bits per heavy atom. The molecule has 0 unspecified atom stereocenters. The fraction of sp³-hybridized carbons (Fsp3) is 1.00. The Bertz CT molecular complexity index is 240. The number of rotatable bonds is 7. The van der Waals surface area contributed by atoms with Gasteiger partial charge < -0.3 is 0 Å². The molecule has 2 rings (SSSR count). The van der Waals surface area contributed by atoms with Crippen LogP contribution in [0.1, 0.15) is 84.0 Å². The quantitative estimate of drug-likeness (QED) is 0.285. The van der Waals surface area contributed by atoms with Crippen LogP contribution < -0.4 is 0 Å². The van der Waals surface area contributed by atoms with Crippen molar-refractivity contribution in [3.05, 3.63) is 0 Å². The van der Waals surface area contributed by atoms with Gasteiger partial charge in [-0.3, -0.25) is 0 Å². The molecule has 2 aliphatic rings. The van der Waals surface area contributed by atoms with Crippen molar-refractivity contribution in [2.45, 2.75) is 96.1 Å². The van der Waals surface area contributed by atoms with Gasteiger partial charge in [0.25, 0.3) is 0 Å². The molecular formula is C18H35ClSi. The fourth-order valence-electron chi connectivity index (χ4n) is 4.37. The highest BCUT2D eigenvalue weighted by Crippen LogP contribution is 2.37. The number of hydrogen-bond donors (Lipinski definition) is 0. The van der Waals surface area contributed by atoms with Crippen molar-refractivity contribution < 1.29 is 0 Å². The number of unbranched alkanes of at least 4 members (excludes halogenated alkanes) is 2. The molecule has 118 valence electrons. The normalized spacial score (nSPS) is 35.1. The van der Waals surface area contributed by atoms with E-state index in [4.69, 9.17) is 11.1 Å². The Hall–Kier alpha value is 0.507. The summed E-state index contributed by atoms with van der Waals surface area (Å²) >= 11 is 6.34. The molecule has 1 saturated carbocycles. The van der Waals surface area contributed by atoms with Crippen LogP contribution in [0.25, 0.3) is 0 Å². The smallest absolute Gasteiger partial charge is 0.141 e. The summed E-state index contributed by atoms with van der Waals surface area (Å²) in [6, 6.07) is 2.83. The lowest BCUT2D eigenvalue weighted by molar-refractivity contribution is 0.234. The minimum atomic E-state index is -0.743. The Morgan fingerprint density at radius 2 is 1.25 bits per heavy atom. The molecular weight excluding hydrogens is 280 g/mol. The van der Waals surface area contributed by atoms with Gasteiger partial charge >= 0.3 is 0 Å². The van der Waals surface area contributed by atoms with Crippen LogP contribution in [0, 0.1) is 17.8 Å². The molecule has 0 spiro atoms. The van der Waals surface area contributed by atoms with Crippen LogP contribution in [0.2, 0.25) is 12.1 Å². The van der Waals surface area contributed by atoms with E-state index in [1.54, 1.807) is 0 Å². The van der Waals surface area contributed by atoms with E-state index in [2.05, 4.69) is 6.92 Å². The Balaban J connectivity index is 1.53. The standard InChI is InChI=1S/C18H35ClSi/c1-2-3-4-5-16-6-8-17(9-7-16)10-11-18-12-14-20(19)15-13-18/h16-18,20H,2-15H2,1H3. The predicted octanol–water partition coefficient (Wildman–Crippen LogP) is 6.53. The summed E-state index contributed by atoms with van der Waals surface area (Å²) in [5, 5.41) is 0. The van der Waals surface area contributed by atoms with E-state index in [0.29, 0.717) is 0 Å². The summed E-state index contributed by atoms with van der Waals surface area (Å²) in [6.07, 6.45) is 18.0. The molecule has 0 radical (unpaired) electrons. The van der Waals surface area contributed by atoms with Crippen LogP contribution in [0.5, 0.6) is 0 Å². The second-order valence-electron chi connectivity index (χ2n) is 7.58. The minimum Gasteiger partial charge on any atom is -0.172 e. The highest BCUT2D eigenvalue weighted by molar-refractivity contribution is 7.07. The summed E-state index contributed by atoms with van der Waals surface area (Å²) in [5.41, 5.74) is 0. The zero-order valence-corrected chi connectivity index (χ0v) is 15.5. The molecule has 2 heteroatoms. The van der Waals surface area contributed by atoms with Gasteiger partial charge in [0.15, 0.2) is 0 Å². The van der Waals surface area contributed by atoms with Crippen LogP contribution >= 0.6 is 11.1 Å². The van der Waals surface area contributed by atoms with Gasteiger partial charge in [0.1, 0.15) is 8.11 Å². The minimum absolute atomic E-state index is 0.743. The molecule has 20 heavy (non-hydrogen) atoms. The van der Waals surface area contributed by atoms with Gasteiger partial charge in [-0.15, -0.1) is 0 Å². The summed E-state index contributed by atoms with van der Waals surface area (Å²) in [5.74, 6) is 3.19. The van der Waals surface area contributed by atoms with E-state index < -0.39 is 8.11 Å². The monoisotopic (exact) mass is 314 g/mol. The molecule has 2 fully saturated rings. The highest BCUT2D eigenvalue weighted by atomic mass is 35.6. The molecule has 1 saturated heterocycles. The third-order valence-electron chi connectivity index (χ3n) is 5.94. The lowest BCUT2D eigenvalue weighted by atomic mass is 9.77. The molecule has 0 amide bonds. The van der Waals surface area contributed by atoms with Gasteiger partial charge in [-0.1, -0.05) is 84.0 Å². The first-order valence-corrected chi connectivity index (χ1v) is 12.8. The van der Waals surface area contributed by atoms with Gasteiger partial charge in [-0.05, 0) is 29.8 Å². The topological polar surface area (TPSA) is 0 Å². The van der Waals surface area contributed by atoms with Crippen LogP contribution in [0.15, 0.2) is 0 Å². The molecule has 0 N–H and O–H groups in total. The predicted molar refractivity (Wildman–Crippen MR) is 94.2 cm³/mol. The Kier molecular flexibility index (Phi) is 8.02. The first-order valence-electron chi connectivity index (χ1n) is 9.42. The van der Waals surface area contributed by atoms with E-state index >= 15 is 0 Å². The molecule has 0 aromatic heterocycles. The number of halogens is 1. The van der Waals surface area contributed by atoms with Crippen molar-refractivity contribution in [1.29, 1.82) is 0 Å². The van der Waals surface area contributed by atoms with E-state index in [-0.39, 0.29) is 0 Å². The molecule has 0 atom stereocenters. The average Bonchev–Trinajstić information content (AvgIpc) is 2.48. The van der Waals surface area contributed by atoms with Gasteiger partial charge in [-0.25, -0.2) is 0 Å². The maximum atomic E-state index is 6.34.